The molecule has 0 bridgehead atoms. The number of hydrogen-bond donors (Lipinski definition) is 2. The van der Waals surface area contributed by atoms with Gasteiger partial charge in [-0.15, -0.1) is 0 Å². The second-order valence-corrected chi connectivity index (χ2v) is 10.5. The molecule has 0 radical (unpaired) electrons. The van der Waals surface area contributed by atoms with Crippen LogP contribution in [0.2, 0.25) is 0 Å². The topological polar surface area (TPSA) is 29.5 Å². The van der Waals surface area contributed by atoms with E-state index >= 15 is 0 Å². The average Bonchev–Trinajstić information content (AvgIpc) is 2.12. The van der Waals surface area contributed by atoms with E-state index < -0.39 is 5.69 Å². The van der Waals surface area contributed by atoms with Crippen molar-refractivity contribution in [1.82, 2.24) is 0 Å². The normalized spacial score (nSPS) is 17.2. The van der Waals surface area contributed by atoms with Crippen molar-refractivity contribution in [3.8, 4) is 0 Å². The molecule has 0 amide bonds. The molecule has 0 aliphatic carbocycles. The van der Waals surface area contributed by atoms with Crippen LogP contribution < -0.4 is 0 Å². The summed E-state index contributed by atoms with van der Waals surface area (Å²) in [6, 6.07) is 7.99. The van der Waals surface area contributed by atoms with Gasteiger partial charge in [0.05, 0.1) is 21.1 Å². The van der Waals surface area contributed by atoms with Crippen LogP contribution in [-0.4, -0.2) is 37.1 Å². The lowest BCUT2D eigenvalue weighted by atomic mass is 10.0. The number of nitrogens with zero attached hydrogens (tertiary/aromatic N) is 1. The molecule has 102 valence electrons. The molecule has 1 aromatic carbocycles. The average molecular weight is 306 g/mol. The lowest BCUT2D eigenvalue weighted by Gasteiger charge is -2.31. The molecule has 0 fully saturated rings. The second kappa shape index (κ2) is 6.04. The number of aryl methyl sites for hydroxylation is 1. The first-order valence-electron chi connectivity index (χ1n) is 5.68. The van der Waals surface area contributed by atoms with E-state index in [0.717, 1.165) is 22.2 Å². The van der Waals surface area contributed by atoms with Crippen LogP contribution in [0.25, 0.3) is 0 Å². The summed E-state index contributed by atoms with van der Waals surface area (Å²) in [5.41, 5.74) is -0.785. The van der Waals surface area contributed by atoms with Crippen LogP contribution in [0.5, 0.6) is 0 Å². The van der Waals surface area contributed by atoms with Crippen molar-refractivity contribution in [1.29, 1.82) is 0 Å². The molecule has 1 rings (SSSR count). The molecular weight excluding hydrogens is 285 g/mol. The van der Waals surface area contributed by atoms with Crippen LogP contribution in [0.15, 0.2) is 24.3 Å². The highest BCUT2D eigenvalue weighted by Crippen LogP contribution is 2.51. The maximum atomic E-state index is 9.70. The fourth-order valence-electron chi connectivity index (χ4n) is 1.80. The number of rotatable bonds is 5. The predicted octanol–water partition coefficient (Wildman–Crippen LogP) is 2.91. The maximum Gasteiger partial charge on any atom is 0.242 e. The Morgan fingerprint density at radius 2 is 1.94 bits per heavy atom. The van der Waals surface area contributed by atoms with Gasteiger partial charge in [0.2, 0.25) is 5.69 Å². The Labute approximate surface area is 120 Å². The van der Waals surface area contributed by atoms with Crippen molar-refractivity contribution >= 4 is 29.7 Å². The molecule has 2 atom stereocenters. The first-order valence-corrected chi connectivity index (χ1v) is 9.51. The highest BCUT2D eigenvalue weighted by atomic mass is 32.9. The standard InChI is InChI=1S/C12H20NO2PS2/c1-10-7-5-6-8-11(10)12(9-13(2,3)4)15-16(14,17)18/h5-8,12H,9H2,1-4H3,(H-,14,17,18)/p+1. The van der Waals surface area contributed by atoms with E-state index in [1.165, 1.54) is 0 Å². The first-order chi connectivity index (χ1) is 8.08. The third-order valence-corrected chi connectivity index (χ3v) is 3.58. The molecule has 1 aromatic rings. The molecule has 2 unspecified atom stereocenters. The smallest absolute Gasteiger partial charge is 0.242 e. The molecule has 0 saturated heterocycles. The van der Waals surface area contributed by atoms with Crippen molar-refractivity contribution in [2.45, 2.75) is 13.0 Å². The summed E-state index contributed by atoms with van der Waals surface area (Å²) >= 11 is 8.88. The minimum Gasteiger partial charge on any atom is -0.338 e. The van der Waals surface area contributed by atoms with Gasteiger partial charge in [-0.05, 0) is 29.9 Å². The number of likely N-dealkylation sites (N-methyl/N-ethyl adjacent to an activating group) is 1. The van der Waals surface area contributed by atoms with Crippen LogP contribution in [0, 0.1) is 6.92 Å². The summed E-state index contributed by atoms with van der Waals surface area (Å²) in [6.07, 6.45) is -0.237. The molecule has 1 N–H and O–H groups in total. The summed E-state index contributed by atoms with van der Waals surface area (Å²) in [4.78, 5) is 9.70. The van der Waals surface area contributed by atoms with Gasteiger partial charge in [-0.2, -0.15) is 0 Å². The zero-order valence-electron chi connectivity index (χ0n) is 11.2. The molecule has 0 aliphatic rings. The van der Waals surface area contributed by atoms with Crippen LogP contribution >= 0.6 is 17.9 Å². The Hall–Kier alpha value is 0.1000. The Morgan fingerprint density at radius 1 is 1.39 bits per heavy atom. The molecular formula is C12H21NO2PS2+. The van der Waals surface area contributed by atoms with E-state index in [1.807, 2.05) is 31.2 Å². The van der Waals surface area contributed by atoms with E-state index in [0.29, 0.717) is 0 Å². The number of thiol groups is 1. The Morgan fingerprint density at radius 3 is 2.39 bits per heavy atom. The van der Waals surface area contributed by atoms with Gasteiger partial charge in [0, 0.05) is 0 Å². The summed E-state index contributed by atoms with van der Waals surface area (Å²) in [7, 11) is 6.23. The zero-order chi connectivity index (χ0) is 14.0. The fourth-order valence-corrected chi connectivity index (χ4v) is 2.96. The van der Waals surface area contributed by atoms with E-state index in [-0.39, 0.29) is 6.10 Å². The molecule has 18 heavy (non-hydrogen) atoms. The van der Waals surface area contributed by atoms with Gasteiger partial charge in [0.1, 0.15) is 12.6 Å². The van der Waals surface area contributed by atoms with E-state index in [2.05, 4.69) is 33.4 Å². The van der Waals surface area contributed by atoms with Crippen LogP contribution in [0.4, 0.5) is 0 Å². The minimum absolute atomic E-state index is 0.237. The molecule has 0 aliphatic heterocycles. The molecule has 0 saturated carbocycles. The van der Waals surface area contributed by atoms with Crippen molar-refractivity contribution in [2.24, 2.45) is 0 Å². The summed E-state index contributed by atoms with van der Waals surface area (Å²) < 4.78 is 6.34. The second-order valence-electron chi connectivity index (χ2n) is 5.41. The molecule has 6 heteroatoms. The highest BCUT2D eigenvalue weighted by molar-refractivity contribution is 8.59. The van der Waals surface area contributed by atoms with Crippen molar-refractivity contribution in [2.75, 3.05) is 27.7 Å². The lowest BCUT2D eigenvalue weighted by molar-refractivity contribution is -0.873. The number of benzene rings is 1. The van der Waals surface area contributed by atoms with Crippen LogP contribution in [0.3, 0.4) is 0 Å². The van der Waals surface area contributed by atoms with Gasteiger partial charge in [0.25, 0.3) is 0 Å². The molecule has 0 aromatic heterocycles. The van der Waals surface area contributed by atoms with Crippen LogP contribution in [0.1, 0.15) is 17.2 Å². The third-order valence-electron chi connectivity index (χ3n) is 2.51. The first kappa shape index (κ1) is 16.2. The van der Waals surface area contributed by atoms with E-state index in [1.54, 1.807) is 0 Å². The van der Waals surface area contributed by atoms with Gasteiger partial charge in [0.15, 0.2) is 0 Å². The minimum atomic E-state index is -2.98. The predicted molar refractivity (Wildman–Crippen MR) is 83.4 cm³/mol. The summed E-state index contributed by atoms with van der Waals surface area (Å²) in [5, 5.41) is 0. The number of quaternary nitrogens is 1. The van der Waals surface area contributed by atoms with Gasteiger partial charge in [-0.3, -0.25) is 0 Å². The van der Waals surface area contributed by atoms with Crippen molar-refractivity contribution in [3.05, 3.63) is 35.4 Å². The number of hydrogen-bond acceptors (Lipinski definition) is 2. The lowest BCUT2D eigenvalue weighted by Crippen LogP contribution is -2.39. The van der Waals surface area contributed by atoms with E-state index in [4.69, 9.17) is 16.3 Å². The van der Waals surface area contributed by atoms with Gasteiger partial charge in [-0.1, -0.05) is 36.5 Å². The molecule has 3 nitrogen and oxygen atoms in total. The zero-order valence-corrected chi connectivity index (χ0v) is 13.8. The van der Waals surface area contributed by atoms with Crippen LogP contribution in [-0.2, 0) is 16.3 Å². The van der Waals surface area contributed by atoms with Gasteiger partial charge in [-0.25, -0.2) is 0 Å². The fraction of sp³-hybridized carbons (Fsp3) is 0.500. The SMILES string of the molecule is Cc1ccccc1C(C[N+](C)(C)C)OP(O)(=S)S. The summed E-state index contributed by atoms with van der Waals surface area (Å²) in [5.74, 6) is 0. The van der Waals surface area contributed by atoms with Crippen molar-refractivity contribution < 1.29 is 13.9 Å². The largest absolute Gasteiger partial charge is 0.338 e. The Bertz CT molecular complexity index is 454. The monoisotopic (exact) mass is 306 g/mol. The molecule has 0 heterocycles. The summed E-state index contributed by atoms with van der Waals surface area (Å²) in [6.45, 7) is 2.76. The van der Waals surface area contributed by atoms with Crippen molar-refractivity contribution in [3.63, 3.8) is 0 Å². The highest BCUT2D eigenvalue weighted by Gasteiger charge is 2.26. The Balaban J connectivity index is 3.05. The Kier molecular flexibility index (Phi) is 5.42. The van der Waals surface area contributed by atoms with Gasteiger partial charge >= 0.3 is 0 Å². The quantitative estimate of drug-likeness (QED) is 0.498. The molecule has 0 spiro atoms. The van der Waals surface area contributed by atoms with E-state index in [9.17, 15) is 4.89 Å². The van der Waals surface area contributed by atoms with Gasteiger partial charge < -0.3 is 13.9 Å². The third kappa shape index (κ3) is 5.83. The maximum absolute atomic E-state index is 9.70.